The Kier molecular flexibility index (Phi) is 4.60. The number of halogens is 1. The van der Waals surface area contributed by atoms with E-state index in [1.165, 1.54) is 0 Å². The third-order valence-electron chi connectivity index (χ3n) is 5.18. The Morgan fingerprint density at radius 2 is 2.07 bits per heavy atom. The van der Waals surface area contributed by atoms with E-state index in [4.69, 9.17) is 26.9 Å². The molecule has 2 N–H and O–H groups in total. The molecule has 3 aromatic rings. The summed E-state index contributed by atoms with van der Waals surface area (Å²) in [4.78, 5) is 11.4. The molecule has 1 aromatic carbocycles. The molecule has 2 aromatic heterocycles. The summed E-state index contributed by atoms with van der Waals surface area (Å²) in [5.41, 5.74) is 7.60. The highest BCUT2D eigenvalue weighted by atomic mass is 35.5. The van der Waals surface area contributed by atoms with E-state index in [9.17, 15) is 0 Å². The van der Waals surface area contributed by atoms with E-state index in [-0.39, 0.29) is 0 Å². The summed E-state index contributed by atoms with van der Waals surface area (Å²) in [6.07, 6.45) is 2.30. The molecule has 0 spiro atoms. The van der Waals surface area contributed by atoms with E-state index in [1.54, 1.807) is 23.3 Å². The van der Waals surface area contributed by atoms with Gasteiger partial charge in [0.2, 0.25) is 5.96 Å². The van der Waals surface area contributed by atoms with Crippen molar-refractivity contribution in [2.75, 3.05) is 12.8 Å². The van der Waals surface area contributed by atoms with Crippen LogP contribution in [0.3, 0.4) is 0 Å². The van der Waals surface area contributed by atoms with Crippen LogP contribution in [0.1, 0.15) is 36.4 Å². The Labute approximate surface area is 182 Å². The van der Waals surface area contributed by atoms with Gasteiger partial charge in [-0.15, -0.1) is 11.3 Å². The Morgan fingerprint density at radius 3 is 2.83 bits per heavy atom. The Morgan fingerprint density at radius 1 is 1.28 bits per heavy atom. The van der Waals surface area contributed by atoms with Crippen LogP contribution < -0.4 is 5.73 Å². The van der Waals surface area contributed by atoms with Gasteiger partial charge in [-0.2, -0.15) is 4.98 Å². The molecule has 150 valence electrons. The average molecular weight is 446 g/mol. The minimum Gasteiger partial charge on any atom is -0.369 e. The number of aromatic nitrogens is 2. The molecule has 9 heteroatoms. The van der Waals surface area contributed by atoms with Crippen molar-refractivity contribution in [3.8, 4) is 21.9 Å². The minimum atomic E-state index is -0.440. The van der Waals surface area contributed by atoms with E-state index in [2.05, 4.69) is 29.2 Å². The second-order valence-electron chi connectivity index (χ2n) is 7.62. The lowest BCUT2D eigenvalue weighted by Gasteiger charge is -2.33. The first-order valence-corrected chi connectivity index (χ1v) is 11.5. The molecule has 0 amide bonds. The van der Waals surface area contributed by atoms with Crippen LogP contribution in [0.15, 0.2) is 39.8 Å². The van der Waals surface area contributed by atoms with Crippen LogP contribution in [-0.4, -0.2) is 33.2 Å². The number of benzene rings is 1. The Hall–Kier alpha value is -2.03. The third kappa shape index (κ3) is 3.53. The molecule has 6 nitrogen and oxygen atoms in total. The molecule has 2 aliphatic rings. The number of rotatable bonds is 4. The van der Waals surface area contributed by atoms with E-state index >= 15 is 0 Å². The monoisotopic (exact) mass is 445 g/mol. The average Bonchev–Trinajstić information content (AvgIpc) is 3.30. The largest absolute Gasteiger partial charge is 0.369 e. The van der Waals surface area contributed by atoms with Crippen LogP contribution in [0.5, 0.6) is 0 Å². The van der Waals surface area contributed by atoms with Gasteiger partial charge in [0.05, 0.1) is 9.90 Å². The number of hydrogen-bond donors (Lipinski definition) is 1. The molecular weight excluding hydrogens is 426 g/mol. The van der Waals surface area contributed by atoms with Gasteiger partial charge in [-0.3, -0.25) is 4.31 Å². The predicted molar refractivity (Wildman–Crippen MR) is 119 cm³/mol. The summed E-state index contributed by atoms with van der Waals surface area (Å²) in [6.45, 7) is 2.08. The second-order valence-corrected chi connectivity index (χ2v) is 10.2. The van der Waals surface area contributed by atoms with Crippen LogP contribution in [0, 0.1) is 0 Å². The Balaban J connectivity index is 1.48. The van der Waals surface area contributed by atoms with E-state index in [0.717, 1.165) is 45.3 Å². The molecule has 1 atom stereocenters. The van der Waals surface area contributed by atoms with Crippen molar-refractivity contribution >= 4 is 40.8 Å². The highest BCUT2D eigenvalue weighted by Crippen LogP contribution is 2.45. The van der Waals surface area contributed by atoms with Gasteiger partial charge >= 0.3 is 0 Å². The molecule has 1 aliphatic heterocycles. The maximum absolute atomic E-state index is 6.64. The zero-order chi connectivity index (χ0) is 20.2. The number of nitrogens with two attached hydrogens (primary N) is 1. The molecule has 0 bridgehead atoms. The molecule has 0 radical (unpaired) electrons. The van der Waals surface area contributed by atoms with Gasteiger partial charge in [0.25, 0.3) is 5.89 Å². The summed E-state index contributed by atoms with van der Waals surface area (Å²) >= 11 is 9.94. The van der Waals surface area contributed by atoms with Gasteiger partial charge < -0.3 is 10.3 Å². The SMILES string of the molecule is CN1SC[C@@](C)(c2sc(-c3cccc(-c4nc(C5CC5)no4)c3)cc2Cl)N=C1N. The molecule has 0 unspecified atom stereocenters. The fourth-order valence-corrected chi connectivity index (χ4v) is 5.85. The smallest absolute Gasteiger partial charge is 0.257 e. The lowest BCUT2D eigenvalue weighted by molar-refractivity contribution is 0.422. The van der Waals surface area contributed by atoms with Gasteiger partial charge in [0, 0.05) is 29.2 Å². The van der Waals surface area contributed by atoms with Crippen molar-refractivity contribution in [3.63, 3.8) is 0 Å². The standard InChI is InChI=1S/C20H20ClN5OS2/c1-20(10-28-26(2)19(22)24-20)16-14(21)9-15(29-16)12-4-3-5-13(8-12)18-23-17(25-27-18)11-6-7-11/h3-5,8-9,11H,6-7,10H2,1-2H3,(H2,22,24)/t20-/m0/s1. The third-order valence-corrected chi connectivity index (χ3v) is 8.29. The molecule has 1 saturated carbocycles. The quantitative estimate of drug-likeness (QED) is 0.561. The number of thiophene rings is 1. The molecule has 29 heavy (non-hydrogen) atoms. The van der Waals surface area contributed by atoms with Crippen LogP contribution in [-0.2, 0) is 5.54 Å². The van der Waals surface area contributed by atoms with Gasteiger partial charge in [-0.25, -0.2) is 4.99 Å². The molecular formula is C20H20ClN5OS2. The zero-order valence-electron chi connectivity index (χ0n) is 16.1. The van der Waals surface area contributed by atoms with Crippen molar-refractivity contribution in [3.05, 3.63) is 46.1 Å². The van der Waals surface area contributed by atoms with Gasteiger partial charge in [-0.1, -0.05) is 28.9 Å². The molecule has 5 rings (SSSR count). The molecule has 3 heterocycles. The van der Waals surface area contributed by atoms with Crippen molar-refractivity contribution in [1.82, 2.24) is 14.4 Å². The van der Waals surface area contributed by atoms with Crippen LogP contribution in [0.25, 0.3) is 21.9 Å². The Bertz CT molecular complexity index is 1110. The minimum absolute atomic E-state index is 0.440. The highest BCUT2D eigenvalue weighted by molar-refractivity contribution is 7.97. The van der Waals surface area contributed by atoms with E-state index in [1.807, 2.05) is 29.6 Å². The second kappa shape index (κ2) is 7.04. The summed E-state index contributed by atoms with van der Waals surface area (Å²) < 4.78 is 7.36. The summed E-state index contributed by atoms with van der Waals surface area (Å²) in [5.74, 6) is 3.15. The first-order chi connectivity index (χ1) is 13.9. The van der Waals surface area contributed by atoms with Crippen molar-refractivity contribution in [2.45, 2.75) is 31.2 Å². The normalized spacial score (nSPS) is 22.0. The maximum atomic E-state index is 6.64. The van der Waals surface area contributed by atoms with Gasteiger partial charge in [0.1, 0.15) is 5.54 Å². The van der Waals surface area contributed by atoms with Crippen molar-refractivity contribution < 1.29 is 4.52 Å². The molecule has 1 aliphatic carbocycles. The van der Waals surface area contributed by atoms with E-state index in [0.29, 0.717) is 22.8 Å². The molecule has 0 saturated heterocycles. The van der Waals surface area contributed by atoms with E-state index < -0.39 is 5.54 Å². The predicted octanol–water partition coefficient (Wildman–Crippen LogP) is 5.12. The molecule has 1 fully saturated rings. The number of aliphatic imine (C=N–C) groups is 1. The first-order valence-electron chi connectivity index (χ1n) is 9.39. The summed E-state index contributed by atoms with van der Waals surface area (Å²) in [5, 5.41) is 4.84. The topological polar surface area (TPSA) is 80.5 Å². The fraction of sp³-hybridized carbons (Fsp3) is 0.350. The lowest BCUT2D eigenvalue weighted by atomic mass is 10.0. The fourth-order valence-electron chi connectivity index (χ4n) is 3.30. The first kappa shape index (κ1) is 19.0. The van der Waals surface area contributed by atoms with Crippen LogP contribution in [0.2, 0.25) is 5.02 Å². The number of guanidine groups is 1. The highest BCUT2D eigenvalue weighted by Gasteiger charge is 2.35. The van der Waals surface area contributed by atoms with Crippen molar-refractivity contribution in [2.24, 2.45) is 10.7 Å². The summed E-state index contributed by atoms with van der Waals surface area (Å²) in [6, 6.07) is 10.1. The van der Waals surface area contributed by atoms with Crippen LogP contribution >= 0.6 is 34.9 Å². The van der Waals surface area contributed by atoms with Crippen LogP contribution in [0.4, 0.5) is 0 Å². The van der Waals surface area contributed by atoms with Crippen molar-refractivity contribution in [1.29, 1.82) is 0 Å². The number of nitrogens with zero attached hydrogens (tertiary/aromatic N) is 4. The number of hydrogen-bond acceptors (Lipinski definition) is 8. The van der Waals surface area contributed by atoms with Gasteiger partial charge in [0.15, 0.2) is 5.82 Å². The maximum Gasteiger partial charge on any atom is 0.257 e. The van der Waals surface area contributed by atoms with Gasteiger partial charge in [-0.05, 0) is 55.5 Å². The zero-order valence-corrected chi connectivity index (χ0v) is 18.4. The summed E-state index contributed by atoms with van der Waals surface area (Å²) in [7, 11) is 1.92. The lowest BCUT2D eigenvalue weighted by Crippen LogP contribution is -2.39.